The Hall–Kier alpha value is -1.95. The first-order valence-corrected chi connectivity index (χ1v) is 8.47. The van der Waals surface area contributed by atoms with Gasteiger partial charge in [0.15, 0.2) is 5.65 Å². The molecule has 6 heteroatoms. The lowest BCUT2D eigenvalue weighted by molar-refractivity contribution is -0.119. The van der Waals surface area contributed by atoms with E-state index in [1.807, 2.05) is 11.1 Å². The molecule has 2 saturated heterocycles. The molecule has 4 rings (SSSR count). The fourth-order valence-corrected chi connectivity index (χ4v) is 3.76. The molecule has 4 heterocycles. The molecule has 2 aliphatic rings. The minimum Gasteiger partial charge on any atom is -0.381 e. The number of hydrogen-bond acceptors (Lipinski definition) is 4. The zero-order valence-corrected chi connectivity index (χ0v) is 13.2. The number of aromatic nitrogens is 3. The normalized spacial score (nSPS) is 21.0. The topological polar surface area (TPSA) is 71.1 Å². The summed E-state index contributed by atoms with van der Waals surface area (Å²) >= 11 is 0. The summed E-state index contributed by atoms with van der Waals surface area (Å²) in [6.45, 7) is 3.28. The van der Waals surface area contributed by atoms with Crippen molar-refractivity contribution in [3.63, 3.8) is 0 Å². The summed E-state index contributed by atoms with van der Waals surface area (Å²) in [6, 6.07) is 2.10. The third-order valence-electron chi connectivity index (χ3n) is 5.16. The average molecular weight is 314 g/mol. The molecule has 0 aliphatic carbocycles. The summed E-state index contributed by atoms with van der Waals surface area (Å²) in [6.07, 6.45) is 6.86. The van der Waals surface area contributed by atoms with Crippen LogP contribution in [0.2, 0.25) is 0 Å². The predicted molar refractivity (Wildman–Crippen MR) is 86.3 cm³/mol. The molecule has 2 aromatic heterocycles. The minimum absolute atomic E-state index is 0.447. The number of ether oxygens (including phenoxy) is 1. The van der Waals surface area contributed by atoms with Crippen LogP contribution in [0.3, 0.4) is 0 Å². The van der Waals surface area contributed by atoms with E-state index in [9.17, 15) is 4.79 Å². The second-order valence-corrected chi connectivity index (χ2v) is 6.52. The van der Waals surface area contributed by atoms with Crippen molar-refractivity contribution in [2.24, 2.45) is 0 Å². The van der Waals surface area contributed by atoms with Crippen molar-refractivity contribution >= 4 is 17.6 Å². The van der Waals surface area contributed by atoms with E-state index in [0.29, 0.717) is 11.8 Å². The van der Waals surface area contributed by atoms with Crippen LogP contribution >= 0.6 is 0 Å². The number of hydrogen-bond donors (Lipinski definition) is 1. The number of H-pyrrole nitrogens is 1. The first kappa shape index (κ1) is 14.6. The Kier molecular flexibility index (Phi) is 3.99. The number of imidazole rings is 1. The van der Waals surface area contributed by atoms with Crippen molar-refractivity contribution in [3.05, 3.63) is 23.7 Å². The first-order valence-electron chi connectivity index (χ1n) is 8.47. The lowest BCUT2D eigenvalue weighted by Gasteiger charge is -2.29. The van der Waals surface area contributed by atoms with Gasteiger partial charge >= 0.3 is 0 Å². The fraction of sp³-hybridized carbons (Fsp3) is 0.588. The molecule has 2 fully saturated rings. The van der Waals surface area contributed by atoms with Gasteiger partial charge in [-0.3, -0.25) is 4.79 Å². The lowest BCUT2D eigenvalue weighted by Crippen LogP contribution is -2.31. The quantitative estimate of drug-likeness (QED) is 0.882. The Morgan fingerprint density at radius 2 is 1.96 bits per heavy atom. The van der Waals surface area contributed by atoms with Crippen molar-refractivity contribution in [3.8, 4) is 0 Å². The van der Waals surface area contributed by atoms with Gasteiger partial charge in [-0.2, -0.15) is 0 Å². The van der Waals surface area contributed by atoms with Gasteiger partial charge in [0.1, 0.15) is 11.3 Å². The summed E-state index contributed by atoms with van der Waals surface area (Å²) < 4.78 is 5.44. The summed E-state index contributed by atoms with van der Waals surface area (Å²) in [7, 11) is 0. The molecular formula is C17H22N4O2. The lowest BCUT2D eigenvalue weighted by atomic mass is 9.89. The monoisotopic (exact) mass is 314 g/mol. The Morgan fingerprint density at radius 1 is 1.17 bits per heavy atom. The number of piperidine rings is 1. The molecule has 1 amide bonds. The highest BCUT2D eigenvalue weighted by Gasteiger charge is 2.25. The van der Waals surface area contributed by atoms with Crippen LogP contribution in [0.25, 0.3) is 11.2 Å². The van der Waals surface area contributed by atoms with Gasteiger partial charge in [0.05, 0.1) is 0 Å². The molecule has 0 spiro atoms. The van der Waals surface area contributed by atoms with E-state index in [-0.39, 0.29) is 0 Å². The van der Waals surface area contributed by atoms with Crippen molar-refractivity contribution < 1.29 is 9.53 Å². The van der Waals surface area contributed by atoms with E-state index in [2.05, 4.69) is 16.0 Å². The highest BCUT2D eigenvalue weighted by Crippen LogP contribution is 2.33. The number of aromatic amines is 1. The van der Waals surface area contributed by atoms with Crippen LogP contribution in [0.5, 0.6) is 0 Å². The molecule has 23 heavy (non-hydrogen) atoms. The van der Waals surface area contributed by atoms with Gasteiger partial charge in [-0.05, 0) is 43.2 Å². The fourth-order valence-electron chi connectivity index (χ4n) is 3.76. The highest BCUT2D eigenvalue weighted by molar-refractivity contribution is 5.75. The zero-order valence-electron chi connectivity index (χ0n) is 13.2. The Labute approximate surface area is 135 Å². The van der Waals surface area contributed by atoms with E-state index in [0.717, 1.165) is 75.4 Å². The molecule has 6 nitrogen and oxygen atoms in total. The summed E-state index contributed by atoms with van der Waals surface area (Å²) in [5, 5.41) is 0. The molecule has 0 saturated carbocycles. The molecule has 0 atom stereocenters. The second kappa shape index (κ2) is 6.28. The Balaban J connectivity index is 1.62. The van der Waals surface area contributed by atoms with Crippen LogP contribution in [-0.2, 0) is 9.53 Å². The van der Waals surface area contributed by atoms with E-state index >= 15 is 0 Å². The molecule has 1 N–H and O–H groups in total. The molecule has 0 unspecified atom stereocenters. The van der Waals surface area contributed by atoms with Gasteiger partial charge in [0.25, 0.3) is 0 Å². The van der Waals surface area contributed by atoms with Crippen LogP contribution in [0.4, 0.5) is 0 Å². The number of fused-ring (bicyclic) bond motifs is 1. The van der Waals surface area contributed by atoms with Crippen molar-refractivity contribution in [1.82, 2.24) is 19.9 Å². The number of likely N-dealkylation sites (tertiary alicyclic amines) is 1. The summed E-state index contributed by atoms with van der Waals surface area (Å²) in [5.74, 6) is 1.96. The number of nitrogens with zero attached hydrogens (tertiary/aromatic N) is 3. The van der Waals surface area contributed by atoms with Crippen molar-refractivity contribution in [2.45, 2.75) is 37.5 Å². The van der Waals surface area contributed by atoms with Gasteiger partial charge in [0.2, 0.25) is 6.41 Å². The second-order valence-electron chi connectivity index (χ2n) is 6.52. The zero-order chi connectivity index (χ0) is 15.6. The van der Waals surface area contributed by atoms with Crippen LogP contribution in [0.1, 0.15) is 48.9 Å². The van der Waals surface area contributed by atoms with Gasteiger partial charge in [-0.1, -0.05) is 0 Å². The molecule has 122 valence electrons. The molecule has 0 aromatic carbocycles. The standard InChI is InChI=1S/C17H22N4O2/c22-11-21-7-2-12(3-8-21)14-1-6-18-17-15(14)19-16(20-17)13-4-9-23-10-5-13/h1,6,11-13H,2-5,7-10H2,(H,18,19,20). The predicted octanol–water partition coefficient (Wildman–Crippen LogP) is 2.19. The average Bonchev–Trinajstić information content (AvgIpc) is 3.07. The number of carbonyl (C=O) groups is 1. The third kappa shape index (κ3) is 2.83. The largest absolute Gasteiger partial charge is 0.381 e. The van der Waals surface area contributed by atoms with Crippen LogP contribution in [0, 0.1) is 0 Å². The molecule has 0 bridgehead atoms. The van der Waals surface area contributed by atoms with Crippen LogP contribution in [0.15, 0.2) is 12.3 Å². The van der Waals surface area contributed by atoms with Crippen molar-refractivity contribution in [2.75, 3.05) is 26.3 Å². The minimum atomic E-state index is 0.447. The van der Waals surface area contributed by atoms with E-state index in [4.69, 9.17) is 9.72 Å². The summed E-state index contributed by atoms with van der Waals surface area (Å²) in [4.78, 5) is 25.5. The smallest absolute Gasteiger partial charge is 0.209 e. The SMILES string of the molecule is O=CN1CCC(c2ccnc3[nH]c(C4CCOCC4)nc23)CC1. The molecule has 2 aliphatic heterocycles. The van der Waals surface area contributed by atoms with E-state index in [1.165, 1.54) is 5.56 Å². The van der Waals surface area contributed by atoms with E-state index in [1.54, 1.807) is 0 Å². The first-order chi connectivity index (χ1) is 11.3. The van der Waals surface area contributed by atoms with Gasteiger partial charge in [-0.25, -0.2) is 9.97 Å². The molecule has 0 radical (unpaired) electrons. The highest BCUT2D eigenvalue weighted by atomic mass is 16.5. The maximum atomic E-state index is 10.9. The van der Waals surface area contributed by atoms with Crippen molar-refractivity contribution in [1.29, 1.82) is 0 Å². The maximum absolute atomic E-state index is 10.9. The van der Waals surface area contributed by atoms with E-state index < -0.39 is 0 Å². The number of pyridine rings is 1. The number of carbonyl (C=O) groups excluding carboxylic acids is 1. The Morgan fingerprint density at radius 3 is 2.70 bits per heavy atom. The number of rotatable bonds is 3. The van der Waals surface area contributed by atoms with Crippen LogP contribution < -0.4 is 0 Å². The molecular weight excluding hydrogens is 292 g/mol. The Bertz CT molecular complexity index is 685. The number of nitrogens with one attached hydrogen (secondary N) is 1. The van der Waals surface area contributed by atoms with Gasteiger partial charge < -0.3 is 14.6 Å². The molecule has 2 aromatic rings. The maximum Gasteiger partial charge on any atom is 0.209 e. The van der Waals surface area contributed by atoms with Crippen LogP contribution in [-0.4, -0.2) is 52.6 Å². The number of amides is 1. The summed E-state index contributed by atoms with van der Waals surface area (Å²) in [5.41, 5.74) is 3.18. The third-order valence-corrected chi connectivity index (χ3v) is 5.16. The van der Waals surface area contributed by atoms with Gasteiger partial charge in [0, 0.05) is 38.4 Å². The van der Waals surface area contributed by atoms with Gasteiger partial charge in [-0.15, -0.1) is 0 Å².